The Morgan fingerprint density at radius 1 is 1.27 bits per heavy atom. The predicted octanol–water partition coefficient (Wildman–Crippen LogP) is 3.78. The molecule has 1 amide bonds. The van der Waals surface area contributed by atoms with Gasteiger partial charge in [0.2, 0.25) is 0 Å². The van der Waals surface area contributed by atoms with E-state index in [0.29, 0.717) is 28.0 Å². The highest BCUT2D eigenvalue weighted by atomic mass is 32.2. The van der Waals surface area contributed by atoms with Crippen molar-refractivity contribution in [2.45, 2.75) is 23.5 Å². The van der Waals surface area contributed by atoms with Crippen molar-refractivity contribution in [3.8, 4) is 11.4 Å². The predicted molar refractivity (Wildman–Crippen MR) is 120 cm³/mol. The number of furan rings is 1. The van der Waals surface area contributed by atoms with Crippen molar-refractivity contribution in [1.82, 2.24) is 25.2 Å². The molecule has 0 spiro atoms. The minimum absolute atomic E-state index is 0.0977. The number of rotatable bonds is 8. The molecule has 4 aromatic rings. The maximum atomic E-state index is 12.0. The van der Waals surface area contributed by atoms with E-state index < -0.39 is 10.8 Å². The van der Waals surface area contributed by atoms with Gasteiger partial charge in [-0.1, -0.05) is 0 Å². The third kappa shape index (κ3) is 4.96. The standard InChI is InChI=1S/C21H17N7O4S/c1-2-27-19(14-7-9-22-10-8-14)24-26-21(27)33-18-6-5-16(28(30)31)12-15(18)13-23-25-20(29)17-4-3-11-32-17/h3-13H,2H2,1H3,(H,25,29)/b23-13-. The molecule has 0 saturated carbocycles. The van der Waals surface area contributed by atoms with Gasteiger partial charge in [0.15, 0.2) is 16.7 Å². The van der Waals surface area contributed by atoms with Gasteiger partial charge in [-0.05, 0) is 49.0 Å². The number of carbonyl (C=O) groups excluding carboxylic acids is 1. The Labute approximate surface area is 191 Å². The number of pyridine rings is 1. The number of hydrogen-bond acceptors (Lipinski definition) is 9. The van der Waals surface area contributed by atoms with E-state index >= 15 is 0 Å². The van der Waals surface area contributed by atoms with E-state index in [4.69, 9.17) is 4.42 Å². The van der Waals surface area contributed by atoms with Crippen LogP contribution < -0.4 is 5.43 Å². The lowest BCUT2D eigenvalue weighted by molar-refractivity contribution is -0.384. The molecule has 0 saturated heterocycles. The molecule has 3 aromatic heterocycles. The second kappa shape index (κ2) is 9.87. The molecule has 3 heterocycles. The average Bonchev–Trinajstić information content (AvgIpc) is 3.50. The third-order valence-electron chi connectivity index (χ3n) is 4.49. The van der Waals surface area contributed by atoms with E-state index in [1.54, 1.807) is 24.5 Å². The fourth-order valence-corrected chi connectivity index (χ4v) is 3.90. The Hall–Kier alpha value is -4.32. The van der Waals surface area contributed by atoms with Crippen LogP contribution in [0.25, 0.3) is 11.4 Å². The molecule has 0 aliphatic carbocycles. The molecule has 166 valence electrons. The Morgan fingerprint density at radius 3 is 2.79 bits per heavy atom. The molecular formula is C21H17N7O4S. The van der Waals surface area contributed by atoms with Gasteiger partial charge in [-0.3, -0.25) is 19.9 Å². The topological polar surface area (TPSA) is 141 Å². The number of carbonyl (C=O) groups is 1. The van der Waals surface area contributed by atoms with Gasteiger partial charge in [0, 0.05) is 47.1 Å². The van der Waals surface area contributed by atoms with Gasteiger partial charge < -0.3 is 8.98 Å². The van der Waals surface area contributed by atoms with Gasteiger partial charge in [0.05, 0.1) is 17.4 Å². The minimum Gasteiger partial charge on any atom is -0.459 e. The Kier molecular flexibility index (Phi) is 6.55. The normalized spacial score (nSPS) is 11.1. The molecule has 11 nitrogen and oxygen atoms in total. The molecule has 4 rings (SSSR count). The van der Waals surface area contributed by atoms with Crippen LogP contribution in [-0.4, -0.2) is 36.8 Å². The van der Waals surface area contributed by atoms with Crippen molar-refractivity contribution >= 4 is 29.6 Å². The summed E-state index contributed by atoms with van der Waals surface area (Å²) in [5.41, 5.74) is 3.54. The zero-order valence-electron chi connectivity index (χ0n) is 17.3. The second-order valence-electron chi connectivity index (χ2n) is 6.54. The SMILES string of the molecule is CCn1c(Sc2ccc([N+](=O)[O-])cc2/C=N\NC(=O)c2ccco2)nnc1-c1ccncc1. The lowest BCUT2D eigenvalue weighted by atomic mass is 10.2. The van der Waals surface area contributed by atoms with Gasteiger partial charge in [-0.25, -0.2) is 5.43 Å². The molecule has 33 heavy (non-hydrogen) atoms. The van der Waals surface area contributed by atoms with Crippen LogP contribution in [0.15, 0.2) is 80.7 Å². The van der Waals surface area contributed by atoms with Crippen LogP contribution in [0.3, 0.4) is 0 Å². The van der Waals surface area contributed by atoms with Crippen molar-refractivity contribution in [3.05, 3.63) is 82.6 Å². The molecule has 0 aliphatic heterocycles. The molecule has 0 fully saturated rings. The molecule has 0 atom stereocenters. The summed E-state index contributed by atoms with van der Waals surface area (Å²) in [6.07, 6.45) is 6.07. The lowest BCUT2D eigenvalue weighted by Gasteiger charge is -2.09. The zero-order chi connectivity index (χ0) is 23.2. The second-order valence-corrected chi connectivity index (χ2v) is 7.55. The summed E-state index contributed by atoms with van der Waals surface area (Å²) in [7, 11) is 0. The van der Waals surface area contributed by atoms with Crippen LogP contribution in [0.1, 0.15) is 23.0 Å². The highest BCUT2D eigenvalue weighted by Gasteiger charge is 2.17. The first-order valence-corrected chi connectivity index (χ1v) is 10.5. The summed E-state index contributed by atoms with van der Waals surface area (Å²) in [4.78, 5) is 27.5. The molecule has 0 aliphatic rings. The molecule has 1 aromatic carbocycles. The van der Waals surface area contributed by atoms with E-state index in [0.717, 1.165) is 5.56 Å². The number of hydrogen-bond donors (Lipinski definition) is 1. The summed E-state index contributed by atoms with van der Waals surface area (Å²) < 4.78 is 6.95. The number of non-ortho nitro benzene ring substituents is 1. The summed E-state index contributed by atoms with van der Waals surface area (Å²) in [6, 6.07) is 11.2. The molecule has 12 heteroatoms. The van der Waals surface area contributed by atoms with Crippen LogP contribution in [0, 0.1) is 10.1 Å². The average molecular weight is 463 g/mol. The highest BCUT2D eigenvalue weighted by molar-refractivity contribution is 7.99. The Morgan fingerprint density at radius 2 is 2.09 bits per heavy atom. The van der Waals surface area contributed by atoms with Crippen molar-refractivity contribution < 1.29 is 14.1 Å². The molecule has 0 radical (unpaired) electrons. The number of amides is 1. The fraction of sp³-hybridized carbons (Fsp3) is 0.0952. The molecule has 0 unspecified atom stereocenters. The minimum atomic E-state index is -0.538. The highest BCUT2D eigenvalue weighted by Crippen LogP contribution is 2.33. The summed E-state index contributed by atoms with van der Waals surface area (Å²) in [5, 5.41) is 24.4. The molecular weight excluding hydrogens is 446 g/mol. The number of benzene rings is 1. The number of nitrogens with one attached hydrogen (secondary N) is 1. The van der Waals surface area contributed by atoms with E-state index in [1.165, 1.54) is 42.4 Å². The van der Waals surface area contributed by atoms with Gasteiger partial charge in [0.1, 0.15) is 0 Å². The first-order valence-electron chi connectivity index (χ1n) is 9.73. The van der Waals surface area contributed by atoms with Gasteiger partial charge in [0.25, 0.3) is 5.69 Å². The van der Waals surface area contributed by atoms with E-state index in [2.05, 4.69) is 25.7 Å². The van der Waals surface area contributed by atoms with Crippen LogP contribution in [0.4, 0.5) is 5.69 Å². The zero-order valence-corrected chi connectivity index (χ0v) is 18.1. The summed E-state index contributed by atoms with van der Waals surface area (Å²) >= 11 is 1.29. The largest absolute Gasteiger partial charge is 0.459 e. The van der Waals surface area contributed by atoms with Gasteiger partial charge in [-0.2, -0.15) is 5.10 Å². The van der Waals surface area contributed by atoms with Crippen molar-refractivity contribution in [2.24, 2.45) is 5.10 Å². The lowest BCUT2D eigenvalue weighted by Crippen LogP contribution is -2.16. The van der Waals surface area contributed by atoms with E-state index in [9.17, 15) is 14.9 Å². The van der Waals surface area contributed by atoms with Crippen molar-refractivity contribution in [1.29, 1.82) is 0 Å². The van der Waals surface area contributed by atoms with Gasteiger partial charge in [-0.15, -0.1) is 10.2 Å². The smallest absolute Gasteiger partial charge is 0.307 e. The molecule has 1 N–H and O–H groups in total. The van der Waals surface area contributed by atoms with Crippen molar-refractivity contribution in [2.75, 3.05) is 0 Å². The number of nitrogens with zero attached hydrogens (tertiary/aromatic N) is 6. The number of nitro groups is 1. The van der Waals surface area contributed by atoms with Crippen LogP contribution in [-0.2, 0) is 6.54 Å². The van der Waals surface area contributed by atoms with E-state index in [1.807, 2.05) is 23.6 Å². The maximum absolute atomic E-state index is 12.0. The van der Waals surface area contributed by atoms with Crippen molar-refractivity contribution in [3.63, 3.8) is 0 Å². The van der Waals surface area contributed by atoms with Crippen LogP contribution >= 0.6 is 11.8 Å². The third-order valence-corrected chi connectivity index (χ3v) is 5.57. The Balaban J connectivity index is 1.62. The monoisotopic (exact) mass is 463 g/mol. The Bertz CT molecular complexity index is 1300. The van der Waals surface area contributed by atoms with Crippen LogP contribution in [0.5, 0.6) is 0 Å². The number of hydrazone groups is 1. The van der Waals surface area contributed by atoms with Gasteiger partial charge >= 0.3 is 5.91 Å². The fourth-order valence-electron chi connectivity index (χ4n) is 2.93. The first-order chi connectivity index (χ1) is 16.1. The summed E-state index contributed by atoms with van der Waals surface area (Å²) in [6.45, 7) is 2.59. The molecule has 0 bridgehead atoms. The quantitative estimate of drug-likeness (QED) is 0.236. The first kappa shape index (κ1) is 21.9. The maximum Gasteiger partial charge on any atom is 0.307 e. The van der Waals surface area contributed by atoms with E-state index in [-0.39, 0.29) is 11.4 Å². The summed E-state index contributed by atoms with van der Waals surface area (Å²) in [5.74, 6) is 0.245. The number of nitro benzene ring substituents is 1. The van der Waals surface area contributed by atoms with Crippen LogP contribution in [0.2, 0.25) is 0 Å². The number of aromatic nitrogens is 4.